The van der Waals surface area contributed by atoms with Gasteiger partial charge in [-0.1, -0.05) is 0 Å². The molecule has 0 atom stereocenters. The topological polar surface area (TPSA) is 65.4 Å². The molecule has 1 aliphatic heterocycles. The zero-order chi connectivity index (χ0) is 11.4. The van der Waals surface area contributed by atoms with Crippen LogP contribution in [0.25, 0.3) is 0 Å². The summed E-state index contributed by atoms with van der Waals surface area (Å²) in [5, 5.41) is 11.7. The molecule has 1 heterocycles. The zero-order valence-corrected chi connectivity index (χ0v) is 9.37. The average molecular weight is 223 g/mol. The predicted octanol–water partition coefficient (Wildman–Crippen LogP) is -0.261. The van der Waals surface area contributed by atoms with Gasteiger partial charge in [-0.15, -0.1) is 0 Å². The van der Waals surface area contributed by atoms with E-state index in [1.165, 1.54) is 0 Å². The largest absolute Gasteiger partial charge is 0.379 e. The van der Waals surface area contributed by atoms with Gasteiger partial charge >= 0.3 is 0 Å². The molecule has 1 amide bonds. The molecule has 0 radical (unpaired) electrons. The third-order valence-corrected chi connectivity index (χ3v) is 3.22. The summed E-state index contributed by atoms with van der Waals surface area (Å²) in [6, 6.07) is 2.09. The Bertz CT molecular complexity index is 301. The van der Waals surface area contributed by atoms with Crippen molar-refractivity contribution >= 4 is 5.91 Å². The van der Waals surface area contributed by atoms with Crippen LogP contribution in [0.2, 0.25) is 0 Å². The number of carbonyl (C=O) groups excluding carboxylic acids is 1. The van der Waals surface area contributed by atoms with E-state index >= 15 is 0 Å². The molecule has 1 aliphatic carbocycles. The molecule has 0 aromatic rings. The standard InChI is InChI=1S/C11H17N3O2/c12-9-11(1-2-11)10(15)13-3-4-14-5-7-16-8-6-14/h1-8H2,(H,13,15). The Balaban J connectivity index is 1.64. The highest BCUT2D eigenvalue weighted by atomic mass is 16.5. The van der Waals surface area contributed by atoms with Gasteiger partial charge in [0.15, 0.2) is 0 Å². The maximum Gasteiger partial charge on any atom is 0.240 e. The van der Waals surface area contributed by atoms with Crippen LogP contribution in [0.15, 0.2) is 0 Å². The zero-order valence-electron chi connectivity index (χ0n) is 9.37. The Hall–Kier alpha value is -1.12. The van der Waals surface area contributed by atoms with Gasteiger partial charge in [-0.3, -0.25) is 9.69 Å². The van der Waals surface area contributed by atoms with Crippen LogP contribution in [-0.4, -0.2) is 50.2 Å². The van der Waals surface area contributed by atoms with Gasteiger partial charge in [-0.2, -0.15) is 5.26 Å². The molecule has 16 heavy (non-hydrogen) atoms. The van der Waals surface area contributed by atoms with E-state index in [1.807, 2.05) is 0 Å². The molecule has 0 bridgehead atoms. The van der Waals surface area contributed by atoms with Gasteiger partial charge in [0.2, 0.25) is 5.91 Å². The summed E-state index contributed by atoms with van der Waals surface area (Å²) in [6.45, 7) is 4.88. The predicted molar refractivity (Wildman–Crippen MR) is 57.5 cm³/mol. The van der Waals surface area contributed by atoms with Crippen LogP contribution in [0.3, 0.4) is 0 Å². The summed E-state index contributed by atoms with van der Waals surface area (Å²) < 4.78 is 5.24. The second-order valence-corrected chi connectivity index (χ2v) is 4.40. The van der Waals surface area contributed by atoms with E-state index in [4.69, 9.17) is 10.00 Å². The molecule has 5 nitrogen and oxygen atoms in total. The van der Waals surface area contributed by atoms with Crippen LogP contribution in [0, 0.1) is 16.7 Å². The highest BCUT2D eigenvalue weighted by Crippen LogP contribution is 2.44. The number of nitrogens with zero attached hydrogens (tertiary/aromatic N) is 2. The molecule has 0 unspecified atom stereocenters. The van der Waals surface area contributed by atoms with Crippen LogP contribution < -0.4 is 5.32 Å². The summed E-state index contributed by atoms with van der Waals surface area (Å²) in [5.74, 6) is -0.0942. The summed E-state index contributed by atoms with van der Waals surface area (Å²) in [6.07, 6.45) is 1.43. The lowest BCUT2D eigenvalue weighted by Gasteiger charge is -2.26. The Morgan fingerprint density at radius 1 is 1.44 bits per heavy atom. The molecule has 0 aromatic heterocycles. The van der Waals surface area contributed by atoms with Crippen molar-refractivity contribution in [2.24, 2.45) is 5.41 Å². The lowest BCUT2D eigenvalue weighted by Crippen LogP contribution is -2.42. The first-order valence-corrected chi connectivity index (χ1v) is 5.76. The Kier molecular flexibility index (Phi) is 3.42. The average Bonchev–Trinajstić information content (AvgIpc) is 3.11. The maximum absolute atomic E-state index is 11.6. The smallest absolute Gasteiger partial charge is 0.240 e. The molecule has 5 heteroatoms. The number of ether oxygens (including phenoxy) is 1. The molecule has 1 saturated heterocycles. The number of carbonyl (C=O) groups is 1. The molecule has 2 fully saturated rings. The fourth-order valence-corrected chi connectivity index (χ4v) is 1.84. The molecule has 88 valence electrons. The van der Waals surface area contributed by atoms with E-state index in [9.17, 15) is 4.79 Å². The molecule has 0 aromatic carbocycles. The summed E-state index contributed by atoms with van der Waals surface area (Å²) >= 11 is 0. The van der Waals surface area contributed by atoms with E-state index in [0.717, 1.165) is 32.8 Å². The second-order valence-electron chi connectivity index (χ2n) is 4.40. The minimum absolute atomic E-state index is 0.0942. The van der Waals surface area contributed by atoms with Crippen molar-refractivity contribution in [3.63, 3.8) is 0 Å². The fraction of sp³-hybridized carbons (Fsp3) is 0.818. The minimum Gasteiger partial charge on any atom is -0.379 e. The normalized spacial score (nSPS) is 23.4. The van der Waals surface area contributed by atoms with Crippen LogP contribution >= 0.6 is 0 Å². The van der Waals surface area contributed by atoms with Gasteiger partial charge in [0.1, 0.15) is 5.41 Å². The number of amides is 1. The summed E-state index contributed by atoms with van der Waals surface area (Å²) in [4.78, 5) is 13.9. The first-order valence-electron chi connectivity index (χ1n) is 5.76. The number of hydrogen-bond acceptors (Lipinski definition) is 4. The van der Waals surface area contributed by atoms with E-state index in [-0.39, 0.29) is 5.91 Å². The first-order chi connectivity index (χ1) is 7.77. The Morgan fingerprint density at radius 3 is 2.69 bits per heavy atom. The molecule has 0 spiro atoms. The minimum atomic E-state index is -0.689. The van der Waals surface area contributed by atoms with Gasteiger partial charge in [-0.05, 0) is 12.8 Å². The lowest BCUT2D eigenvalue weighted by atomic mass is 10.1. The maximum atomic E-state index is 11.6. The van der Waals surface area contributed by atoms with Crippen LogP contribution in [0.5, 0.6) is 0 Å². The van der Waals surface area contributed by atoms with E-state index < -0.39 is 5.41 Å². The van der Waals surface area contributed by atoms with Gasteiger partial charge in [0, 0.05) is 26.2 Å². The highest BCUT2D eigenvalue weighted by Gasteiger charge is 2.50. The second kappa shape index (κ2) is 4.81. The highest BCUT2D eigenvalue weighted by molar-refractivity contribution is 5.88. The number of morpholine rings is 1. The monoisotopic (exact) mass is 223 g/mol. The van der Waals surface area contributed by atoms with Crippen molar-refractivity contribution in [3.05, 3.63) is 0 Å². The molecular formula is C11H17N3O2. The molecule has 2 aliphatic rings. The third-order valence-electron chi connectivity index (χ3n) is 3.22. The van der Waals surface area contributed by atoms with Crippen LogP contribution in [0.4, 0.5) is 0 Å². The molecule has 1 N–H and O–H groups in total. The van der Waals surface area contributed by atoms with Crippen molar-refractivity contribution < 1.29 is 9.53 Å². The van der Waals surface area contributed by atoms with Gasteiger partial charge in [0.05, 0.1) is 19.3 Å². The SMILES string of the molecule is N#CC1(C(=O)NCCN2CCOCC2)CC1. The van der Waals surface area contributed by atoms with Crippen LogP contribution in [-0.2, 0) is 9.53 Å². The number of hydrogen-bond donors (Lipinski definition) is 1. The molecular weight excluding hydrogens is 206 g/mol. The lowest BCUT2D eigenvalue weighted by molar-refractivity contribution is -0.124. The summed E-state index contributed by atoms with van der Waals surface area (Å²) in [7, 11) is 0. The Labute approximate surface area is 95.4 Å². The van der Waals surface area contributed by atoms with Crippen LogP contribution in [0.1, 0.15) is 12.8 Å². The number of nitrogens with one attached hydrogen (secondary N) is 1. The fourth-order valence-electron chi connectivity index (χ4n) is 1.84. The van der Waals surface area contributed by atoms with Gasteiger partial charge in [-0.25, -0.2) is 0 Å². The van der Waals surface area contributed by atoms with Gasteiger partial charge in [0.25, 0.3) is 0 Å². The van der Waals surface area contributed by atoms with Crippen molar-refractivity contribution in [3.8, 4) is 6.07 Å². The van der Waals surface area contributed by atoms with Crippen molar-refractivity contribution in [2.75, 3.05) is 39.4 Å². The van der Waals surface area contributed by atoms with E-state index in [0.29, 0.717) is 19.4 Å². The quantitative estimate of drug-likeness (QED) is 0.713. The molecule has 2 rings (SSSR count). The summed E-state index contributed by atoms with van der Waals surface area (Å²) in [5.41, 5.74) is -0.689. The van der Waals surface area contributed by atoms with Crippen molar-refractivity contribution in [1.82, 2.24) is 10.2 Å². The van der Waals surface area contributed by atoms with Crippen molar-refractivity contribution in [2.45, 2.75) is 12.8 Å². The number of rotatable bonds is 4. The Morgan fingerprint density at radius 2 is 2.12 bits per heavy atom. The van der Waals surface area contributed by atoms with E-state index in [1.54, 1.807) is 0 Å². The van der Waals surface area contributed by atoms with E-state index in [2.05, 4.69) is 16.3 Å². The van der Waals surface area contributed by atoms with Gasteiger partial charge < -0.3 is 10.1 Å². The van der Waals surface area contributed by atoms with Crippen molar-refractivity contribution in [1.29, 1.82) is 5.26 Å². The third kappa shape index (κ3) is 2.52. The number of nitriles is 1. The first kappa shape index (κ1) is 11.4. The molecule has 1 saturated carbocycles.